The Morgan fingerprint density at radius 3 is 1.84 bits per heavy atom. The number of rotatable bonds is 2. The van der Waals surface area contributed by atoms with Crippen LogP contribution in [-0.4, -0.2) is 49.8 Å². The van der Waals surface area contributed by atoms with Gasteiger partial charge in [-0.2, -0.15) is 12.7 Å². The fourth-order valence-electron chi connectivity index (χ4n) is 2.62. The summed E-state index contributed by atoms with van der Waals surface area (Å²) in [5.41, 5.74) is 0. The number of carbonyl (C=O) groups excluding carboxylic acids is 1. The van der Waals surface area contributed by atoms with Crippen molar-refractivity contribution in [2.45, 2.75) is 44.9 Å². The third-order valence-electron chi connectivity index (χ3n) is 3.76. The lowest BCUT2D eigenvalue weighted by atomic mass is 10.2. The van der Waals surface area contributed by atoms with Crippen molar-refractivity contribution in [1.82, 2.24) is 13.9 Å². The molecule has 2 aliphatic heterocycles. The number of likely N-dealkylation sites (tertiary alicyclic amines) is 1. The Morgan fingerprint density at radius 1 is 0.789 bits per heavy atom. The van der Waals surface area contributed by atoms with Crippen LogP contribution in [0, 0.1) is 0 Å². The zero-order valence-corrected chi connectivity index (χ0v) is 12.1. The van der Waals surface area contributed by atoms with Crippen molar-refractivity contribution in [2.24, 2.45) is 0 Å². The predicted molar refractivity (Wildman–Crippen MR) is 72.9 cm³/mol. The Kier molecular flexibility index (Phi) is 5.04. The van der Waals surface area contributed by atoms with Crippen molar-refractivity contribution in [2.75, 3.05) is 26.2 Å². The summed E-state index contributed by atoms with van der Waals surface area (Å²) < 4.78 is 27.8. The minimum Gasteiger partial charge on any atom is -0.324 e. The predicted octanol–water partition coefficient (Wildman–Crippen LogP) is 1.30. The molecule has 7 heteroatoms. The zero-order valence-electron chi connectivity index (χ0n) is 11.3. The van der Waals surface area contributed by atoms with Gasteiger partial charge in [0.05, 0.1) is 0 Å². The summed E-state index contributed by atoms with van der Waals surface area (Å²) in [4.78, 5) is 13.6. The second-order valence-electron chi connectivity index (χ2n) is 5.27. The number of urea groups is 1. The fourth-order valence-corrected chi connectivity index (χ4v) is 3.84. The van der Waals surface area contributed by atoms with E-state index in [0.29, 0.717) is 26.2 Å². The monoisotopic (exact) mass is 289 g/mol. The maximum absolute atomic E-state index is 12.1. The molecule has 0 bridgehead atoms. The molecule has 0 aliphatic carbocycles. The highest BCUT2D eigenvalue weighted by Crippen LogP contribution is 2.13. The number of carbonyl (C=O) groups is 1. The first-order valence-corrected chi connectivity index (χ1v) is 8.60. The summed E-state index contributed by atoms with van der Waals surface area (Å²) in [7, 11) is -3.65. The molecule has 19 heavy (non-hydrogen) atoms. The van der Waals surface area contributed by atoms with Crippen LogP contribution in [0.4, 0.5) is 4.79 Å². The molecule has 0 radical (unpaired) electrons. The van der Waals surface area contributed by atoms with Crippen LogP contribution >= 0.6 is 0 Å². The molecule has 0 unspecified atom stereocenters. The summed E-state index contributed by atoms with van der Waals surface area (Å²) in [6.45, 7) is 2.34. The molecule has 2 heterocycles. The minimum absolute atomic E-state index is 0.465. The highest BCUT2D eigenvalue weighted by Gasteiger charge is 2.27. The van der Waals surface area contributed by atoms with Crippen molar-refractivity contribution in [3.05, 3.63) is 0 Å². The van der Waals surface area contributed by atoms with Crippen molar-refractivity contribution in [3.63, 3.8) is 0 Å². The molecule has 0 aromatic heterocycles. The lowest BCUT2D eigenvalue weighted by molar-refractivity contribution is 0.204. The van der Waals surface area contributed by atoms with Gasteiger partial charge in [-0.3, -0.25) is 0 Å². The van der Waals surface area contributed by atoms with E-state index >= 15 is 0 Å². The first kappa shape index (κ1) is 14.6. The van der Waals surface area contributed by atoms with Gasteiger partial charge in [0.25, 0.3) is 0 Å². The molecular formula is C12H23N3O3S. The van der Waals surface area contributed by atoms with Crippen LogP contribution in [0.15, 0.2) is 0 Å². The van der Waals surface area contributed by atoms with Gasteiger partial charge >= 0.3 is 16.2 Å². The highest BCUT2D eigenvalue weighted by molar-refractivity contribution is 7.87. The van der Waals surface area contributed by atoms with Crippen LogP contribution in [0.5, 0.6) is 0 Å². The number of nitrogens with one attached hydrogen (secondary N) is 1. The average Bonchev–Trinajstić information content (AvgIpc) is 2.68. The molecule has 0 aromatic carbocycles. The molecular weight excluding hydrogens is 266 g/mol. The summed E-state index contributed by atoms with van der Waals surface area (Å²) >= 11 is 0. The van der Waals surface area contributed by atoms with E-state index in [-0.39, 0.29) is 0 Å². The van der Waals surface area contributed by atoms with E-state index in [1.165, 1.54) is 4.31 Å². The maximum Gasteiger partial charge on any atom is 0.332 e. The van der Waals surface area contributed by atoms with Crippen LogP contribution in [0.2, 0.25) is 0 Å². The summed E-state index contributed by atoms with van der Waals surface area (Å²) in [6, 6.07) is -0.465. The third kappa shape index (κ3) is 4.07. The van der Waals surface area contributed by atoms with E-state index in [4.69, 9.17) is 0 Å². The Morgan fingerprint density at radius 2 is 1.26 bits per heavy atom. The first-order chi connectivity index (χ1) is 9.09. The molecule has 2 amide bonds. The zero-order chi connectivity index (χ0) is 13.7. The summed E-state index contributed by atoms with van der Waals surface area (Å²) in [5.74, 6) is 0. The molecule has 110 valence electrons. The number of hydrogen-bond donors (Lipinski definition) is 1. The SMILES string of the molecule is O=C(NS(=O)(=O)N1CCCCC1)N1CCCCCC1. The Bertz CT molecular complexity index is 396. The molecule has 1 N–H and O–H groups in total. The summed E-state index contributed by atoms with van der Waals surface area (Å²) in [5, 5.41) is 0. The normalized spacial score (nSPS) is 22.8. The minimum atomic E-state index is -3.65. The largest absolute Gasteiger partial charge is 0.332 e. The molecule has 0 saturated carbocycles. The second kappa shape index (κ2) is 6.56. The smallest absolute Gasteiger partial charge is 0.324 e. The van der Waals surface area contributed by atoms with Gasteiger partial charge in [-0.05, 0) is 25.7 Å². The van der Waals surface area contributed by atoms with E-state index in [1.54, 1.807) is 4.90 Å². The number of piperidine rings is 1. The van der Waals surface area contributed by atoms with Gasteiger partial charge in [0.2, 0.25) is 0 Å². The van der Waals surface area contributed by atoms with Crippen molar-refractivity contribution in [3.8, 4) is 0 Å². The Hall–Kier alpha value is -0.820. The molecule has 2 rings (SSSR count). The molecule has 2 fully saturated rings. The molecule has 0 atom stereocenters. The van der Waals surface area contributed by atoms with Gasteiger partial charge < -0.3 is 4.90 Å². The van der Waals surface area contributed by atoms with Crippen LogP contribution in [0.1, 0.15) is 44.9 Å². The van der Waals surface area contributed by atoms with Gasteiger partial charge in [-0.1, -0.05) is 19.3 Å². The molecule has 2 aliphatic rings. The number of nitrogens with zero attached hydrogens (tertiary/aromatic N) is 2. The van der Waals surface area contributed by atoms with Crippen LogP contribution in [-0.2, 0) is 10.2 Å². The number of amides is 2. The standard InChI is InChI=1S/C12H23N3O3S/c16-12(14-8-4-1-2-5-9-14)13-19(17,18)15-10-6-3-7-11-15/h1-11H2,(H,13,16). The van der Waals surface area contributed by atoms with Gasteiger partial charge in [0, 0.05) is 26.2 Å². The highest BCUT2D eigenvalue weighted by atomic mass is 32.2. The van der Waals surface area contributed by atoms with Crippen LogP contribution in [0.3, 0.4) is 0 Å². The fraction of sp³-hybridized carbons (Fsp3) is 0.917. The molecule has 6 nitrogen and oxygen atoms in total. The lowest BCUT2D eigenvalue weighted by Gasteiger charge is -2.27. The van der Waals surface area contributed by atoms with Crippen LogP contribution < -0.4 is 4.72 Å². The van der Waals surface area contributed by atoms with Gasteiger partial charge in [-0.25, -0.2) is 9.52 Å². The first-order valence-electron chi connectivity index (χ1n) is 7.16. The van der Waals surface area contributed by atoms with Crippen molar-refractivity contribution >= 4 is 16.2 Å². The maximum atomic E-state index is 12.1. The van der Waals surface area contributed by atoms with E-state index in [9.17, 15) is 13.2 Å². The number of hydrogen-bond acceptors (Lipinski definition) is 3. The lowest BCUT2D eigenvalue weighted by Crippen LogP contribution is -2.50. The average molecular weight is 289 g/mol. The van der Waals surface area contributed by atoms with E-state index in [0.717, 1.165) is 44.9 Å². The molecule has 2 saturated heterocycles. The van der Waals surface area contributed by atoms with E-state index in [2.05, 4.69) is 4.72 Å². The van der Waals surface area contributed by atoms with E-state index in [1.807, 2.05) is 0 Å². The quantitative estimate of drug-likeness (QED) is 0.833. The Balaban J connectivity index is 1.92. The van der Waals surface area contributed by atoms with Crippen molar-refractivity contribution in [1.29, 1.82) is 0 Å². The van der Waals surface area contributed by atoms with Crippen LogP contribution in [0.25, 0.3) is 0 Å². The molecule has 0 aromatic rings. The second-order valence-corrected chi connectivity index (χ2v) is 6.94. The van der Waals surface area contributed by atoms with E-state index < -0.39 is 16.2 Å². The summed E-state index contributed by atoms with van der Waals surface area (Å²) in [6.07, 6.45) is 6.95. The van der Waals surface area contributed by atoms with Gasteiger partial charge in [-0.15, -0.1) is 0 Å². The third-order valence-corrected chi connectivity index (χ3v) is 5.24. The topological polar surface area (TPSA) is 69.7 Å². The van der Waals surface area contributed by atoms with Crippen molar-refractivity contribution < 1.29 is 13.2 Å². The molecule has 0 spiro atoms. The Labute approximate surface area is 115 Å². The van der Waals surface area contributed by atoms with Gasteiger partial charge in [0.1, 0.15) is 0 Å². The van der Waals surface area contributed by atoms with Gasteiger partial charge in [0.15, 0.2) is 0 Å².